The average molecular weight is 391 g/mol. The summed E-state index contributed by atoms with van der Waals surface area (Å²) in [5, 5.41) is 11.0. The lowest BCUT2D eigenvalue weighted by Gasteiger charge is -2.17. The molecule has 0 saturated heterocycles. The fourth-order valence-corrected chi connectivity index (χ4v) is 3.21. The lowest BCUT2D eigenvalue weighted by molar-refractivity contribution is -0.148. The third kappa shape index (κ3) is 3.75. The number of rotatable bonds is 7. The minimum Gasteiger partial charge on any atom is -0.462 e. The van der Waals surface area contributed by atoms with Gasteiger partial charge in [-0.1, -0.05) is 42.5 Å². The maximum absolute atomic E-state index is 12.7. The van der Waals surface area contributed by atoms with E-state index < -0.39 is 12.0 Å². The summed E-state index contributed by atoms with van der Waals surface area (Å²) in [6.45, 7) is -0.135. The molecule has 4 rings (SSSR count). The number of hydrogen-bond donors (Lipinski definition) is 0. The third-order valence-electron chi connectivity index (χ3n) is 4.67. The van der Waals surface area contributed by atoms with Crippen molar-refractivity contribution >= 4 is 17.8 Å². The zero-order chi connectivity index (χ0) is 20.2. The molecule has 1 atom stereocenters. The smallest absolute Gasteiger partial charge is 0.331 e. The van der Waals surface area contributed by atoms with Crippen LogP contribution in [0.25, 0.3) is 0 Å². The molecule has 146 valence electrons. The van der Waals surface area contributed by atoms with Gasteiger partial charge in [-0.05, 0) is 28.1 Å². The molecular formula is C20H17N5O4. The number of fused-ring (bicyclic) bond motifs is 1. The molecule has 1 aliphatic heterocycles. The molecule has 0 spiro atoms. The van der Waals surface area contributed by atoms with Crippen LogP contribution in [0, 0.1) is 0 Å². The second-order valence-corrected chi connectivity index (χ2v) is 6.47. The normalized spacial score (nSPS) is 14.0. The van der Waals surface area contributed by atoms with Crippen molar-refractivity contribution in [3.8, 4) is 0 Å². The number of tetrazole rings is 1. The van der Waals surface area contributed by atoms with E-state index in [1.807, 2.05) is 30.3 Å². The standard InChI is InChI=1S/C20H17N5O4/c26-18-15-8-4-5-9-16(15)19(27)24(18)10-11-29-20(28)17(25-13-21-22-23-25)12-14-6-2-1-3-7-14/h1-9,13,17H,10-12H2/t17-/m0/s1. The molecule has 2 aromatic carbocycles. The van der Waals surface area contributed by atoms with Crippen LogP contribution in [0.3, 0.4) is 0 Å². The first kappa shape index (κ1) is 18.5. The molecule has 29 heavy (non-hydrogen) atoms. The first-order valence-electron chi connectivity index (χ1n) is 9.03. The van der Waals surface area contributed by atoms with Gasteiger partial charge in [0.1, 0.15) is 12.9 Å². The summed E-state index contributed by atoms with van der Waals surface area (Å²) in [7, 11) is 0. The number of imide groups is 1. The van der Waals surface area contributed by atoms with Gasteiger partial charge in [-0.2, -0.15) is 0 Å². The zero-order valence-electron chi connectivity index (χ0n) is 15.3. The van der Waals surface area contributed by atoms with Gasteiger partial charge in [-0.15, -0.1) is 5.10 Å². The molecular weight excluding hydrogens is 374 g/mol. The molecule has 0 N–H and O–H groups in total. The van der Waals surface area contributed by atoms with E-state index in [9.17, 15) is 14.4 Å². The molecule has 3 aromatic rings. The zero-order valence-corrected chi connectivity index (χ0v) is 15.3. The van der Waals surface area contributed by atoms with Crippen molar-refractivity contribution in [3.05, 3.63) is 77.6 Å². The van der Waals surface area contributed by atoms with Crippen molar-refractivity contribution in [3.63, 3.8) is 0 Å². The molecule has 0 radical (unpaired) electrons. The maximum atomic E-state index is 12.7. The van der Waals surface area contributed by atoms with E-state index in [2.05, 4.69) is 15.5 Å². The molecule has 1 aromatic heterocycles. The SMILES string of the molecule is O=C(OCCN1C(=O)c2ccccc2C1=O)[C@H](Cc1ccccc1)n1cnnn1. The Bertz CT molecular complexity index is 1000. The Morgan fingerprint density at radius 1 is 0.966 bits per heavy atom. The van der Waals surface area contributed by atoms with E-state index in [-0.39, 0.29) is 25.0 Å². The number of carbonyl (C=O) groups excluding carboxylic acids is 3. The number of ether oxygens (including phenoxy) is 1. The summed E-state index contributed by atoms with van der Waals surface area (Å²) in [6.07, 6.45) is 1.69. The van der Waals surface area contributed by atoms with Crippen LogP contribution in [0.2, 0.25) is 0 Å². The van der Waals surface area contributed by atoms with Gasteiger partial charge < -0.3 is 4.74 Å². The van der Waals surface area contributed by atoms with Crippen molar-refractivity contribution in [2.45, 2.75) is 12.5 Å². The summed E-state index contributed by atoms with van der Waals surface area (Å²) in [6, 6.07) is 15.3. The Morgan fingerprint density at radius 3 is 2.24 bits per heavy atom. The van der Waals surface area contributed by atoms with Gasteiger partial charge in [0.05, 0.1) is 17.7 Å². The predicted molar refractivity (Wildman–Crippen MR) is 99.8 cm³/mol. The van der Waals surface area contributed by atoms with Crippen LogP contribution in [0.5, 0.6) is 0 Å². The molecule has 0 bridgehead atoms. The molecule has 0 fully saturated rings. The van der Waals surface area contributed by atoms with Gasteiger partial charge in [0.2, 0.25) is 0 Å². The van der Waals surface area contributed by atoms with E-state index in [1.54, 1.807) is 24.3 Å². The summed E-state index contributed by atoms with van der Waals surface area (Å²) in [5.74, 6) is -1.32. The van der Waals surface area contributed by atoms with Crippen LogP contribution in [0.1, 0.15) is 32.3 Å². The summed E-state index contributed by atoms with van der Waals surface area (Å²) in [5.41, 5.74) is 1.64. The number of amides is 2. The quantitative estimate of drug-likeness (QED) is 0.441. The minimum absolute atomic E-state index is 0.0221. The second kappa shape index (κ2) is 8.01. The third-order valence-corrected chi connectivity index (χ3v) is 4.67. The van der Waals surface area contributed by atoms with Crippen molar-refractivity contribution in [2.24, 2.45) is 0 Å². The van der Waals surface area contributed by atoms with Crippen molar-refractivity contribution < 1.29 is 19.1 Å². The van der Waals surface area contributed by atoms with Gasteiger partial charge in [0.15, 0.2) is 6.04 Å². The van der Waals surface area contributed by atoms with Crippen molar-refractivity contribution in [1.29, 1.82) is 0 Å². The molecule has 0 aliphatic carbocycles. The Labute approximate surface area is 165 Å². The number of esters is 1. The first-order chi connectivity index (χ1) is 14.1. The number of aromatic nitrogens is 4. The maximum Gasteiger partial charge on any atom is 0.331 e. The Morgan fingerprint density at radius 2 is 1.62 bits per heavy atom. The van der Waals surface area contributed by atoms with Crippen molar-refractivity contribution in [2.75, 3.05) is 13.2 Å². The first-order valence-corrected chi connectivity index (χ1v) is 9.03. The van der Waals surface area contributed by atoms with E-state index in [0.29, 0.717) is 17.5 Å². The van der Waals surface area contributed by atoms with Crippen LogP contribution in [0.15, 0.2) is 60.9 Å². The van der Waals surface area contributed by atoms with E-state index in [4.69, 9.17) is 4.74 Å². The van der Waals surface area contributed by atoms with E-state index in [0.717, 1.165) is 10.5 Å². The second-order valence-electron chi connectivity index (χ2n) is 6.47. The largest absolute Gasteiger partial charge is 0.462 e. The van der Waals surface area contributed by atoms with Crippen LogP contribution < -0.4 is 0 Å². The molecule has 2 amide bonds. The highest BCUT2D eigenvalue weighted by atomic mass is 16.5. The highest BCUT2D eigenvalue weighted by Gasteiger charge is 2.35. The van der Waals surface area contributed by atoms with Gasteiger partial charge in [-0.25, -0.2) is 9.48 Å². The predicted octanol–water partition coefficient (Wildman–Crippen LogP) is 1.30. The molecule has 9 heteroatoms. The molecule has 2 heterocycles. The fourth-order valence-electron chi connectivity index (χ4n) is 3.21. The lowest BCUT2D eigenvalue weighted by Crippen LogP contribution is -2.34. The Hall–Kier alpha value is -3.88. The highest BCUT2D eigenvalue weighted by Crippen LogP contribution is 2.22. The van der Waals surface area contributed by atoms with E-state index >= 15 is 0 Å². The monoisotopic (exact) mass is 391 g/mol. The van der Waals surface area contributed by atoms with Crippen LogP contribution in [0.4, 0.5) is 0 Å². The van der Waals surface area contributed by atoms with Crippen molar-refractivity contribution in [1.82, 2.24) is 25.1 Å². The highest BCUT2D eigenvalue weighted by molar-refractivity contribution is 6.21. The summed E-state index contributed by atoms with van der Waals surface area (Å²) < 4.78 is 6.69. The molecule has 0 saturated carbocycles. The topological polar surface area (TPSA) is 107 Å². The van der Waals surface area contributed by atoms with Crippen LogP contribution >= 0.6 is 0 Å². The number of carbonyl (C=O) groups is 3. The average Bonchev–Trinajstić information content (AvgIpc) is 3.36. The van der Waals surface area contributed by atoms with Gasteiger partial charge >= 0.3 is 5.97 Å². The Balaban J connectivity index is 1.40. The van der Waals surface area contributed by atoms with Gasteiger partial charge in [-0.3, -0.25) is 14.5 Å². The molecule has 1 aliphatic rings. The summed E-state index contributed by atoms with van der Waals surface area (Å²) >= 11 is 0. The molecule has 9 nitrogen and oxygen atoms in total. The fraction of sp³-hybridized carbons (Fsp3) is 0.200. The van der Waals surface area contributed by atoms with E-state index in [1.165, 1.54) is 11.0 Å². The lowest BCUT2D eigenvalue weighted by atomic mass is 10.1. The number of nitrogens with zero attached hydrogens (tertiary/aromatic N) is 5. The van der Waals surface area contributed by atoms with Crippen LogP contribution in [-0.2, 0) is 16.0 Å². The Kier molecular flexibility index (Phi) is 5.10. The molecule has 0 unspecified atom stereocenters. The number of benzene rings is 2. The summed E-state index contributed by atoms with van der Waals surface area (Å²) in [4.78, 5) is 38.5. The number of hydrogen-bond acceptors (Lipinski definition) is 7. The van der Waals surface area contributed by atoms with Gasteiger partial charge in [0.25, 0.3) is 11.8 Å². The van der Waals surface area contributed by atoms with Gasteiger partial charge in [0, 0.05) is 6.42 Å². The van der Waals surface area contributed by atoms with Crippen LogP contribution in [-0.4, -0.2) is 56.0 Å². The minimum atomic E-state index is -0.755.